The number of hydrogen-bond donors (Lipinski definition) is 0. The van der Waals surface area contributed by atoms with Crippen LogP contribution in [0.4, 0.5) is 0 Å². The summed E-state index contributed by atoms with van der Waals surface area (Å²) in [5, 5.41) is 6.01. The Bertz CT molecular complexity index is 1350. The Hall–Kier alpha value is -3.00. The monoisotopic (exact) mass is 459 g/mol. The third-order valence-electron chi connectivity index (χ3n) is 6.35. The van der Waals surface area contributed by atoms with E-state index in [1.165, 1.54) is 11.1 Å². The number of fused-ring (bicyclic) bond motifs is 3. The van der Waals surface area contributed by atoms with Crippen molar-refractivity contribution in [3.8, 4) is 5.75 Å². The molecule has 7 heteroatoms. The summed E-state index contributed by atoms with van der Waals surface area (Å²) in [6.07, 6.45) is 4.45. The molecular weight excluding hydrogens is 430 g/mol. The summed E-state index contributed by atoms with van der Waals surface area (Å²) in [6, 6.07) is 18.7. The van der Waals surface area contributed by atoms with Gasteiger partial charge in [0.2, 0.25) is 4.77 Å². The van der Waals surface area contributed by atoms with Gasteiger partial charge in [0.15, 0.2) is 5.65 Å². The van der Waals surface area contributed by atoms with Crippen LogP contribution in [0.25, 0.3) is 22.6 Å². The molecule has 0 atom stereocenters. The normalized spacial score (nSPS) is 15.7. The van der Waals surface area contributed by atoms with Crippen molar-refractivity contribution in [1.29, 1.82) is 0 Å². The van der Waals surface area contributed by atoms with Gasteiger partial charge >= 0.3 is 0 Å². The van der Waals surface area contributed by atoms with Crippen LogP contribution in [0.5, 0.6) is 5.75 Å². The van der Waals surface area contributed by atoms with Crippen molar-refractivity contribution in [1.82, 2.24) is 24.0 Å². The van der Waals surface area contributed by atoms with Gasteiger partial charge in [0.25, 0.3) is 0 Å². The summed E-state index contributed by atoms with van der Waals surface area (Å²) in [4.78, 5) is 4.91. The van der Waals surface area contributed by atoms with Gasteiger partial charge in [-0.25, -0.2) is 4.68 Å². The molecule has 2 aromatic heterocycles. The molecule has 0 saturated carbocycles. The molecule has 3 heterocycles. The van der Waals surface area contributed by atoms with Crippen molar-refractivity contribution in [2.24, 2.45) is 0 Å². The van der Waals surface area contributed by atoms with E-state index in [1.807, 2.05) is 22.9 Å². The SMILES string of the molecule is COc1ccc2c(C)cc3nn(CN4CCN(C/C=C/c5ccccc5)CC4)c(=S)n3c2c1. The fourth-order valence-corrected chi connectivity index (χ4v) is 4.76. The standard InChI is InChI=1S/C26H29N5OS/c1-20-17-25-27-30(26(33)31(25)24-18-22(32-2)10-11-23(20)24)19-29-15-13-28(14-16-29)12-6-9-21-7-4-3-5-8-21/h3-11,17-18H,12-16,19H2,1-2H3/b9-6+. The number of ether oxygens (including phenoxy) is 1. The molecule has 1 aliphatic rings. The van der Waals surface area contributed by atoms with Gasteiger partial charge in [-0.1, -0.05) is 42.5 Å². The maximum atomic E-state index is 5.85. The number of aromatic nitrogens is 3. The van der Waals surface area contributed by atoms with Crippen molar-refractivity contribution in [3.63, 3.8) is 0 Å². The lowest BCUT2D eigenvalue weighted by molar-refractivity contribution is 0.110. The van der Waals surface area contributed by atoms with Crippen molar-refractivity contribution in [3.05, 3.63) is 76.6 Å². The molecule has 0 bridgehead atoms. The highest BCUT2D eigenvalue weighted by Gasteiger charge is 2.18. The first-order valence-electron chi connectivity index (χ1n) is 11.4. The van der Waals surface area contributed by atoms with E-state index in [2.05, 4.69) is 69.7 Å². The van der Waals surface area contributed by atoms with E-state index in [-0.39, 0.29) is 0 Å². The number of methoxy groups -OCH3 is 1. The van der Waals surface area contributed by atoms with Crippen LogP contribution in [-0.4, -0.2) is 63.8 Å². The van der Waals surface area contributed by atoms with Crippen LogP contribution < -0.4 is 4.74 Å². The molecule has 6 nitrogen and oxygen atoms in total. The van der Waals surface area contributed by atoms with Crippen LogP contribution in [0.2, 0.25) is 0 Å². The van der Waals surface area contributed by atoms with Crippen LogP contribution in [-0.2, 0) is 6.67 Å². The second-order valence-corrected chi connectivity index (χ2v) is 8.92. The van der Waals surface area contributed by atoms with E-state index in [4.69, 9.17) is 22.1 Å². The second kappa shape index (κ2) is 9.47. The molecule has 0 radical (unpaired) electrons. The summed E-state index contributed by atoms with van der Waals surface area (Å²) in [7, 11) is 1.69. The molecule has 33 heavy (non-hydrogen) atoms. The topological polar surface area (TPSA) is 37.9 Å². The zero-order valence-electron chi connectivity index (χ0n) is 19.1. The Morgan fingerprint density at radius 3 is 2.52 bits per heavy atom. The van der Waals surface area contributed by atoms with Crippen molar-refractivity contribution >= 4 is 34.8 Å². The molecule has 1 aliphatic heterocycles. The Labute approximate surface area is 199 Å². The van der Waals surface area contributed by atoms with Crippen LogP contribution >= 0.6 is 12.2 Å². The van der Waals surface area contributed by atoms with E-state index in [0.717, 1.165) is 59.8 Å². The first-order chi connectivity index (χ1) is 16.1. The zero-order valence-corrected chi connectivity index (χ0v) is 20.0. The number of benzene rings is 2. The first kappa shape index (κ1) is 21.8. The summed E-state index contributed by atoms with van der Waals surface area (Å²) >= 11 is 5.85. The van der Waals surface area contributed by atoms with Gasteiger partial charge < -0.3 is 4.74 Å². The lowest BCUT2D eigenvalue weighted by Gasteiger charge is -2.33. The smallest absolute Gasteiger partial charge is 0.204 e. The van der Waals surface area contributed by atoms with Crippen LogP contribution in [0, 0.1) is 11.7 Å². The molecule has 0 amide bonds. The Morgan fingerprint density at radius 2 is 1.76 bits per heavy atom. The Morgan fingerprint density at radius 1 is 1.00 bits per heavy atom. The molecule has 0 N–H and O–H groups in total. The quantitative estimate of drug-likeness (QED) is 0.393. The van der Waals surface area contributed by atoms with E-state index >= 15 is 0 Å². The molecule has 170 valence electrons. The predicted octanol–water partition coefficient (Wildman–Crippen LogP) is 4.62. The van der Waals surface area contributed by atoms with Crippen molar-refractivity contribution < 1.29 is 4.74 Å². The molecule has 5 rings (SSSR count). The maximum absolute atomic E-state index is 5.85. The van der Waals surface area contributed by atoms with Crippen molar-refractivity contribution in [2.45, 2.75) is 13.6 Å². The second-order valence-electron chi connectivity index (χ2n) is 8.56. The molecule has 0 spiro atoms. The van der Waals surface area contributed by atoms with Gasteiger partial charge in [-0.3, -0.25) is 14.2 Å². The minimum Gasteiger partial charge on any atom is -0.497 e. The maximum Gasteiger partial charge on any atom is 0.204 e. The van der Waals surface area contributed by atoms with Crippen molar-refractivity contribution in [2.75, 3.05) is 39.8 Å². The molecular formula is C26H29N5OS. The molecule has 4 aromatic rings. The highest BCUT2D eigenvalue weighted by atomic mass is 32.1. The van der Waals surface area contributed by atoms with Crippen LogP contribution in [0.15, 0.2) is 60.7 Å². The number of hydrogen-bond acceptors (Lipinski definition) is 5. The van der Waals surface area contributed by atoms with Gasteiger partial charge in [-0.15, -0.1) is 0 Å². The lowest BCUT2D eigenvalue weighted by Crippen LogP contribution is -2.46. The average Bonchev–Trinajstić information content (AvgIpc) is 3.15. The predicted molar refractivity (Wildman–Crippen MR) is 136 cm³/mol. The third-order valence-corrected chi connectivity index (χ3v) is 6.75. The molecule has 0 aliphatic carbocycles. The summed E-state index contributed by atoms with van der Waals surface area (Å²) < 4.78 is 10.2. The molecule has 1 saturated heterocycles. The van der Waals surface area contributed by atoms with Gasteiger partial charge in [0.1, 0.15) is 5.75 Å². The third kappa shape index (κ3) is 4.57. The minimum atomic E-state index is 0.707. The largest absolute Gasteiger partial charge is 0.497 e. The molecule has 2 aromatic carbocycles. The number of aryl methyl sites for hydroxylation is 1. The lowest BCUT2D eigenvalue weighted by atomic mass is 10.1. The number of rotatable bonds is 6. The number of piperazine rings is 1. The summed E-state index contributed by atoms with van der Waals surface area (Å²) in [5.41, 5.74) is 4.35. The zero-order chi connectivity index (χ0) is 22.8. The Balaban J connectivity index is 1.28. The highest BCUT2D eigenvalue weighted by Crippen LogP contribution is 2.25. The molecule has 0 unspecified atom stereocenters. The van der Waals surface area contributed by atoms with Gasteiger partial charge in [0.05, 0.1) is 19.3 Å². The van der Waals surface area contributed by atoms with Gasteiger partial charge in [-0.05, 0) is 48.5 Å². The van der Waals surface area contributed by atoms with E-state index < -0.39 is 0 Å². The highest BCUT2D eigenvalue weighted by molar-refractivity contribution is 7.71. The van der Waals surface area contributed by atoms with E-state index in [9.17, 15) is 0 Å². The first-order valence-corrected chi connectivity index (χ1v) is 11.8. The Kier molecular flexibility index (Phi) is 6.26. The van der Waals surface area contributed by atoms with Crippen LogP contribution in [0.1, 0.15) is 11.1 Å². The van der Waals surface area contributed by atoms with Gasteiger partial charge in [-0.2, -0.15) is 5.10 Å². The fourth-order valence-electron chi connectivity index (χ4n) is 4.47. The average molecular weight is 460 g/mol. The fraction of sp³-hybridized carbons (Fsp3) is 0.308. The number of pyridine rings is 1. The summed E-state index contributed by atoms with van der Waals surface area (Å²) in [6.45, 7) is 7.88. The van der Waals surface area contributed by atoms with Gasteiger partial charge in [0, 0.05) is 44.2 Å². The minimum absolute atomic E-state index is 0.707. The van der Waals surface area contributed by atoms with E-state index in [0.29, 0.717) is 6.67 Å². The van der Waals surface area contributed by atoms with E-state index in [1.54, 1.807) is 7.11 Å². The summed E-state index contributed by atoms with van der Waals surface area (Å²) in [5.74, 6) is 0.821. The number of nitrogens with zero attached hydrogens (tertiary/aromatic N) is 5. The van der Waals surface area contributed by atoms with Crippen LogP contribution in [0.3, 0.4) is 0 Å². The molecule has 1 fully saturated rings.